The van der Waals surface area contributed by atoms with Gasteiger partial charge in [-0.2, -0.15) is 5.10 Å². The van der Waals surface area contributed by atoms with Gasteiger partial charge in [-0.15, -0.1) is 0 Å². The van der Waals surface area contributed by atoms with E-state index >= 15 is 0 Å². The van der Waals surface area contributed by atoms with E-state index in [9.17, 15) is 0 Å². The molecule has 0 fully saturated rings. The molecule has 0 aliphatic rings. The van der Waals surface area contributed by atoms with E-state index in [-0.39, 0.29) is 0 Å². The fourth-order valence-electron chi connectivity index (χ4n) is 2.22. The lowest BCUT2D eigenvalue weighted by atomic mass is 10.1. The van der Waals surface area contributed by atoms with E-state index in [0.29, 0.717) is 0 Å². The minimum Gasteiger partial charge on any atom is -0.272 e. The summed E-state index contributed by atoms with van der Waals surface area (Å²) in [4.78, 5) is 4.56. The summed E-state index contributed by atoms with van der Waals surface area (Å²) in [6.45, 7) is 4.17. The molecule has 0 saturated heterocycles. The lowest BCUT2D eigenvalue weighted by Gasteiger charge is -2.04. The van der Waals surface area contributed by atoms with E-state index in [1.165, 1.54) is 16.3 Å². The zero-order chi connectivity index (χ0) is 12.7. The number of hydrogen-bond donors (Lipinski definition) is 0. The second kappa shape index (κ2) is 3.95. The molecular formula is C15H15N3. The van der Waals surface area contributed by atoms with Crippen LogP contribution in [0.3, 0.4) is 0 Å². The fraction of sp³-hybridized carbons (Fsp3) is 0.200. The molecule has 0 radical (unpaired) electrons. The second-order valence-corrected chi connectivity index (χ2v) is 4.63. The number of aryl methyl sites for hydroxylation is 2. The highest BCUT2D eigenvalue weighted by molar-refractivity contribution is 5.87. The first-order valence-corrected chi connectivity index (χ1v) is 6.01. The van der Waals surface area contributed by atoms with Crippen molar-refractivity contribution in [2.24, 2.45) is 7.05 Å². The molecule has 1 aromatic carbocycles. The van der Waals surface area contributed by atoms with Gasteiger partial charge < -0.3 is 0 Å². The lowest BCUT2D eigenvalue weighted by Crippen LogP contribution is -1.93. The standard InChI is InChI=1S/C15H15N3/c1-10-5-4-6-12-7-15(16-8-13(10)12)14-9-17-18(3)11(14)2/h4-9H,1-3H3. The van der Waals surface area contributed by atoms with Gasteiger partial charge in [-0.3, -0.25) is 9.67 Å². The molecule has 0 N–H and O–H groups in total. The molecule has 0 aliphatic heterocycles. The smallest absolute Gasteiger partial charge is 0.0742 e. The number of aromatic nitrogens is 3. The first-order valence-electron chi connectivity index (χ1n) is 6.01. The maximum absolute atomic E-state index is 4.56. The van der Waals surface area contributed by atoms with Crippen LogP contribution in [-0.2, 0) is 7.05 Å². The molecule has 3 aromatic rings. The van der Waals surface area contributed by atoms with Gasteiger partial charge in [0.1, 0.15) is 0 Å². The Morgan fingerprint density at radius 2 is 1.94 bits per heavy atom. The Bertz CT molecular complexity index is 726. The molecular weight excluding hydrogens is 222 g/mol. The van der Waals surface area contributed by atoms with Crippen LogP contribution in [0.1, 0.15) is 11.3 Å². The number of hydrogen-bond acceptors (Lipinski definition) is 2. The van der Waals surface area contributed by atoms with Crippen LogP contribution in [0.4, 0.5) is 0 Å². The molecule has 3 rings (SSSR count). The van der Waals surface area contributed by atoms with Gasteiger partial charge in [-0.05, 0) is 30.9 Å². The van der Waals surface area contributed by atoms with Gasteiger partial charge in [0.05, 0.1) is 11.9 Å². The van der Waals surface area contributed by atoms with Crippen LogP contribution in [0.25, 0.3) is 22.0 Å². The van der Waals surface area contributed by atoms with Crippen molar-refractivity contribution in [3.05, 3.63) is 47.9 Å². The summed E-state index contributed by atoms with van der Waals surface area (Å²) in [5, 5.41) is 6.70. The Morgan fingerprint density at radius 3 is 2.67 bits per heavy atom. The van der Waals surface area contributed by atoms with Crippen molar-refractivity contribution >= 4 is 10.8 Å². The Kier molecular flexibility index (Phi) is 2.40. The fourth-order valence-corrected chi connectivity index (χ4v) is 2.22. The predicted molar refractivity (Wildman–Crippen MR) is 73.4 cm³/mol. The highest BCUT2D eigenvalue weighted by Crippen LogP contribution is 2.25. The Morgan fingerprint density at radius 1 is 1.11 bits per heavy atom. The number of nitrogens with zero attached hydrogens (tertiary/aromatic N) is 3. The van der Waals surface area contributed by atoms with Crippen LogP contribution in [0.2, 0.25) is 0 Å². The van der Waals surface area contributed by atoms with Crippen molar-refractivity contribution in [1.29, 1.82) is 0 Å². The number of fused-ring (bicyclic) bond motifs is 1. The van der Waals surface area contributed by atoms with Gasteiger partial charge in [0.2, 0.25) is 0 Å². The molecule has 2 heterocycles. The topological polar surface area (TPSA) is 30.7 Å². The largest absolute Gasteiger partial charge is 0.272 e. The van der Waals surface area contributed by atoms with E-state index in [2.05, 4.69) is 48.2 Å². The Labute approximate surface area is 106 Å². The second-order valence-electron chi connectivity index (χ2n) is 4.63. The normalized spacial score (nSPS) is 11.1. The number of benzene rings is 1. The molecule has 18 heavy (non-hydrogen) atoms. The Hall–Kier alpha value is -2.16. The monoisotopic (exact) mass is 237 g/mol. The van der Waals surface area contributed by atoms with Crippen LogP contribution in [0.15, 0.2) is 36.7 Å². The number of pyridine rings is 1. The minimum atomic E-state index is 0.985. The molecule has 0 bridgehead atoms. The van der Waals surface area contributed by atoms with Gasteiger partial charge in [-0.1, -0.05) is 18.2 Å². The summed E-state index contributed by atoms with van der Waals surface area (Å²) >= 11 is 0. The van der Waals surface area contributed by atoms with Crippen molar-refractivity contribution in [3.63, 3.8) is 0 Å². The molecule has 3 heteroatoms. The van der Waals surface area contributed by atoms with Crippen molar-refractivity contribution in [2.75, 3.05) is 0 Å². The van der Waals surface area contributed by atoms with Crippen LogP contribution in [0.5, 0.6) is 0 Å². The highest BCUT2D eigenvalue weighted by Gasteiger charge is 2.08. The first-order chi connectivity index (χ1) is 8.66. The third kappa shape index (κ3) is 1.59. The zero-order valence-electron chi connectivity index (χ0n) is 10.8. The predicted octanol–water partition coefficient (Wildman–Crippen LogP) is 3.25. The quantitative estimate of drug-likeness (QED) is 0.650. The van der Waals surface area contributed by atoms with E-state index in [1.807, 2.05) is 24.1 Å². The molecule has 0 saturated carbocycles. The van der Waals surface area contributed by atoms with Crippen LogP contribution in [-0.4, -0.2) is 14.8 Å². The molecule has 2 aromatic heterocycles. The first kappa shape index (κ1) is 11.0. The van der Waals surface area contributed by atoms with Gasteiger partial charge >= 0.3 is 0 Å². The van der Waals surface area contributed by atoms with Gasteiger partial charge in [0, 0.05) is 29.9 Å². The molecule has 0 spiro atoms. The van der Waals surface area contributed by atoms with Crippen molar-refractivity contribution in [3.8, 4) is 11.3 Å². The SMILES string of the molecule is Cc1cccc2cc(-c3cnn(C)c3C)ncc12. The lowest BCUT2D eigenvalue weighted by molar-refractivity contribution is 0.740. The molecule has 0 atom stereocenters. The van der Waals surface area contributed by atoms with E-state index in [4.69, 9.17) is 0 Å². The number of rotatable bonds is 1. The maximum atomic E-state index is 4.56. The summed E-state index contributed by atoms with van der Waals surface area (Å²) in [6, 6.07) is 8.45. The van der Waals surface area contributed by atoms with Crippen molar-refractivity contribution in [1.82, 2.24) is 14.8 Å². The van der Waals surface area contributed by atoms with Crippen molar-refractivity contribution in [2.45, 2.75) is 13.8 Å². The summed E-state index contributed by atoms with van der Waals surface area (Å²) in [5.74, 6) is 0. The molecule has 0 aliphatic carbocycles. The molecule has 90 valence electrons. The van der Waals surface area contributed by atoms with E-state index in [0.717, 1.165) is 17.0 Å². The third-order valence-electron chi connectivity index (χ3n) is 3.49. The maximum Gasteiger partial charge on any atom is 0.0742 e. The average molecular weight is 237 g/mol. The highest BCUT2D eigenvalue weighted by atomic mass is 15.3. The summed E-state index contributed by atoms with van der Waals surface area (Å²) < 4.78 is 1.87. The van der Waals surface area contributed by atoms with E-state index in [1.54, 1.807) is 0 Å². The average Bonchev–Trinajstić information content (AvgIpc) is 2.70. The van der Waals surface area contributed by atoms with Crippen molar-refractivity contribution < 1.29 is 0 Å². The summed E-state index contributed by atoms with van der Waals surface area (Å²) in [6.07, 6.45) is 3.83. The Balaban J connectivity index is 2.23. The minimum absolute atomic E-state index is 0.985. The summed E-state index contributed by atoms with van der Waals surface area (Å²) in [7, 11) is 1.95. The van der Waals surface area contributed by atoms with Crippen LogP contribution >= 0.6 is 0 Å². The molecule has 3 nitrogen and oxygen atoms in total. The van der Waals surface area contributed by atoms with Crippen LogP contribution < -0.4 is 0 Å². The van der Waals surface area contributed by atoms with Crippen LogP contribution in [0, 0.1) is 13.8 Å². The van der Waals surface area contributed by atoms with Gasteiger partial charge in [-0.25, -0.2) is 0 Å². The third-order valence-corrected chi connectivity index (χ3v) is 3.49. The van der Waals surface area contributed by atoms with Gasteiger partial charge in [0.15, 0.2) is 0 Å². The zero-order valence-corrected chi connectivity index (χ0v) is 10.8. The van der Waals surface area contributed by atoms with E-state index < -0.39 is 0 Å². The van der Waals surface area contributed by atoms with Gasteiger partial charge in [0.25, 0.3) is 0 Å². The summed E-state index contributed by atoms with van der Waals surface area (Å²) in [5.41, 5.74) is 4.48. The molecule has 0 unspecified atom stereocenters. The molecule has 0 amide bonds.